The normalized spacial score (nSPS) is 13.5. The summed E-state index contributed by atoms with van der Waals surface area (Å²) in [6, 6.07) is 16.0. The van der Waals surface area contributed by atoms with Gasteiger partial charge in [-0.2, -0.15) is 0 Å². The lowest BCUT2D eigenvalue weighted by molar-refractivity contribution is -0.118. The van der Waals surface area contributed by atoms with E-state index in [2.05, 4.69) is 35.0 Å². The monoisotopic (exact) mass is 360 g/mol. The van der Waals surface area contributed by atoms with Crippen molar-refractivity contribution in [2.24, 2.45) is 0 Å². The highest BCUT2D eigenvalue weighted by Crippen LogP contribution is 2.37. The van der Waals surface area contributed by atoms with Crippen LogP contribution in [0, 0.1) is 0 Å². The van der Waals surface area contributed by atoms with Crippen LogP contribution in [0.5, 0.6) is 5.75 Å². The highest BCUT2D eigenvalue weighted by Gasteiger charge is 2.27. The third-order valence-corrected chi connectivity index (χ3v) is 4.53. The standard InChI is InChI=1S/C19H21BrO2/c1-4-18(15-6-5-7-16(20)12-15)19(13(2)21)14-8-10-17(22-3)11-9-14/h5-12,18-19H,4H2,1-3H3/t18-,19-/m0/s1. The maximum absolute atomic E-state index is 12.3. The molecule has 2 atom stereocenters. The Labute approximate surface area is 140 Å². The molecule has 3 heteroatoms. The number of carbonyl (C=O) groups excluding carboxylic acids is 1. The fourth-order valence-corrected chi connectivity index (χ4v) is 3.38. The first-order chi connectivity index (χ1) is 10.6. The van der Waals surface area contributed by atoms with Crippen molar-refractivity contribution in [3.63, 3.8) is 0 Å². The van der Waals surface area contributed by atoms with Crippen molar-refractivity contribution in [2.75, 3.05) is 7.11 Å². The quantitative estimate of drug-likeness (QED) is 0.696. The molecule has 0 spiro atoms. The molecule has 0 radical (unpaired) electrons. The molecule has 2 aromatic rings. The summed E-state index contributed by atoms with van der Waals surface area (Å²) >= 11 is 3.52. The van der Waals surface area contributed by atoms with E-state index in [1.54, 1.807) is 14.0 Å². The van der Waals surface area contributed by atoms with Gasteiger partial charge in [0.25, 0.3) is 0 Å². The second-order valence-electron chi connectivity index (χ2n) is 5.43. The van der Waals surface area contributed by atoms with Crippen LogP contribution in [-0.2, 0) is 4.79 Å². The highest BCUT2D eigenvalue weighted by molar-refractivity contribution is 9.10. The van der Waals surface area contributed by atoms with Crippen molar-refractivity contribution >= 4 is 21.7 Å². The van der Waals surface area contributed by atoms with Crippen molar-refractivity contribution in [1.82, 2.24) is 0 Å². The van der Waals surface area contributed by atoms with E-state index in [9.17, 15) is 4.79 Å². The van der Waals surface area contributed by atoms with Crippen LogP contribution in [0.4, 0.5) is 0 Å². The molecule has 0 N–H and O–H groups in total. The first-order valence-electron chi connectivity index (χ1n) is 7.46. The Kier molecular flexibility index (Phi) is 5.78. The molecule has 0 saturated carbocycles. The Hall–Kier alpha value is -1.61. The van der Waals surface area contributed by atoms with Crippen LogP contribution in [-0.4, -0.2) is 12.9 Å². The van der Waals surface area contributed by atoms with E-state index in [0.717, 1.165) is 22.2 Å². The molecule has 0 aliphatic carbocycles. The topological polar surface area (TPSA) is 26.3 Å². The summed E-state index contributed by atoms with van der Waals surface area (Å²) in [5.41, 5.74) is 2.23. The van der Waals surface area contributed by atoms with Gasteiger partial charge in [0.15, 0.2) is 0 Å². The number of rotatable bonds is 6. The summed E-state index contributed by atoms with van der Waals surface area (Å²) in [5, 5.41) is 0. The van der Waals surface area contributed by atoms with E-state index in [0.29, 0.717) is 0 Å². The van der Waals surface area contributed by atoms with E-state index in [-0.39, 0.29) is 17.6 Å². The van der Waals surface area contributed by atoms with E-state index in [4.69, 9.17) is 4.74 Å². The van der Waals surface area contributed by atoms with Crippen molar-refractivity contribution in [3.05, 3.63) is 64.1 Å². The van der Waals surface area contributed by atoms with Gasteiger partial charge in [-0.05, 0) is 54.7 Å². The van der Waals surface area contributed by atoms with Gasteiger partial charge >= 0.3 is 0 Å². The third kappa shape index (κ3) is 3.77. The number of ketones is 1. The van der Waals surface area contributed by atoms with Gasteiger partial charge in [-0.15, -0.1) is 0 Å². The molecular formula is C19H21BrO2. The summed E-state index contributed by atoms with van der Waals surface area (Å²) in [4.78, 5) is 12.3. The zero-order valence-electron chi connectivity index (χ0n) is 13.2. The van der Waals surface area contributed by atoms with Crippen LogP contribution in [0.2, 0.25) is 0 Å². The van der Waals surface area contributed by atoms with E-state index in [1.807, 2.05) is 36.4 Å². The van der Waals surface area contributed by atoms with Gasteiger partial charge < -0.3 is 4.74 Å². The van der Waals surface area contributed by atoms with E-state index < -0.39 is 0 Å². The second kappa shape index (κ2) is 7.59. The molecule has 0 fully saturated rings. The fourth-order valence-electron chi connectivity index (χ4n) is 2.96. The summed E-state index contributed by atoms with van der Waals surface area (Å²) in [6.45, 7) is 3.81. The summed E-state index contributed by atoms with van der Waals surface area (Å²) in [6.07, 6.45) is 0.909. The van der Waals surface area contributed by atoms with Crippen LogP contribution >= 0.6 is 15.9 Å². The van der Waals surface area contributed by atoms with Crippen LogP contribution in [0.15, 0.2) is 53.0 Å². The van der Waals surface area contributed by atoms with Gasteiger partial charge in [0.2, 0.25) is 0 Å². The zero-order chi connectivity index (χ0) is 16.1. The van der Waals surface area contributed by atoms with Gasteiger partial charge in [-0.1, -0.05) is 47.1 Å². The molecule has 0 amide bonds. The lowest BCUT2D eigenvalue weighted by Gasteiger charge is -2.25. The largest absolute Gasteiger partial charge is 0.497 e. The molecule has 0 aliphatic rings. The number of methoxy groups -OCH3 is 1. The molecule has 2 rings (SSSR count). The SMILES string of the molecule is CC[C@@H](c1cccc(Br)c1)[C@@H](C(C)=O)c1ccc(OC)cc1. The number of Topliss-reactive ketones (excluding diaryl/α,β-unsaturated/α-hetero) is 1. The Bertz CT molecular complexity index is 634. The Morgan fingerprint density at radius 2 is 1.82 bits per heavy atom. The Morgan fingerprint density at radius 3 is 2.32 bits per heavy atom. The molecule has 2 aromatic carbocycles. The van der Waals surface area contributed by atoms with Gasteiger partial charge in [-0.25, -0.2) is 0 Å². The minimum absolute atomic E-state index is 0.134. The van der Waals surface area contributed by atoms with Crippen LogP contribution in [0.3, 0.4) is 0 Å². The van der Waals surface area contributed by atoms with E-state index >= 15 is 0 Å². The lowest BCUT2D eigenvalue weighted by atomic mass is 9.78. The van der Waals surface area contributed by atoms with Gasteiger partial charge in [0.1, 0.15) is 11.5 Å². The second-order valence-corrected chi connectivity index (χ2v) is 6.35. The van der Waals surface area contributed by atoms with Crippen LogP contribution < -0.4 is 4.74 Å². The average Bonchev–Trinajstić information content (AvgIpc) is 2.52. The molecule has 2 nitrogen and oxygen atoms in total. The first-order valence-corrected chi connectivity index (χ1v) is 8.26. The Balaban J connectivity index is 2.41. The molecule has 0 aromatic heterocycles. The van der Waals surface area contributed by atoms with E-state index in [1.165, 1.54) is 5.56 Å². The summed E-state index contributed by atoms with van der Waals surface area (Å²) < 4.78 is 6.25. The molecule has 116 valence electrons. The fraction of sp³-hybridized carbons (Fsp3) is 0.316. The van der Waals surface area contributed by atoms with Crippen molar-refractivity contribution in [1.29, 1.82) is 0 Å². The molecule has 0 heterocycles. The minimum atomic E-state index is -0.134. The summed E-state index contributed by atoms with van der Waals surface area (Å²) in [7, 11) is 1.65. The number of carbonyl (C=O) groups is 1. The lowest BCUT2D eigenvalue weighted by Crippen LogP contribution is -2.18. The predicted octanol–water partition coefficient (Wildman–Crippen LogP) is 5.32. The molecular weight excluding hydrogens is 340 g/mol. The molecule has 0 unspecified atom stereocenters. The molecule has 0 aliphatic heterocycles. The maximum Gasteiger partial charge on any atom is 0.137 e. The predicted molar refractivity (Wildman–Crippen MR) is 93.6 cm³/mol. The Morgan fingerprint density at radius 1 is 1.14 bits per heavy atom. The maximum atomic E-state index is 12.3. The van der Waals surface area contributed by atoms with Crippen molar-refractivity contribution in [3.8, 4) is 5.75 Å². The number of ether oxygens (including phenoxy) is 1. The van der Waals surface area contributed by atoms with Gasteiger partial charge in [0.05, 0.1) is 7.11 Å². The van der Waals surface area contributed by atoms with Crippen LogP contribution in [0.25, 0.3) is 0 Å². The number of hydrogen-bond donors (Lipinski definition) is 0. The number of hydrogen-bond acceptors (Lipinski definition) is 2. The summed E-state index contributed by atoms with van der Waals surface area (Å²) in [5.74, 6) is 1.03. The number of benzene rings is 2. The molecule has 0 saturated heterocycles. The van der Waals surface area contributed by atoms with Crippen LogP contribution in [0.1, 0.15) is 43.2 Å². The average molecular weight is 361 g/mol. The third-order valence-electron chi connectivity index (χ3n) is 4.03. The minimum Gasteiger partial charge on any atom is -0.497 e. The van der Waals surface area contributed by atoms with Crippen molar-refractivity contribution in [2.45, 2.75) is 32.1 Å². The molecule has 22 heavy (non-hydrogen) atoms. The number of halogens is 1. The van der Waals surface area contributed by atoms with Crippen molar-refractivity contribution < 1.29 is 9.53 Å². The first kappa shape index (κ1) is 16.8. The zero-order valence-corrected chi connectivity index (χ0v) is 14.8. The molecule has 0 bridgehead atoms. The van der Waals surface area contributed by atoms with Gasteiger partial charge in [-0.3, -0.25) is 4.79 Å². The van der Waals surface area contributed by atoms with Gasteiger partial charge in [0, 0.05) is 10.4 Å². The highest BCUT2D eigenvalue weighted by atomic mass is 79.9. The smallest absolute Gasteiger partial charge is 0.137 e.